The zero-order valence-corrected chi connectivity index (χ0v) is 9.81. The third-order valence-electron chi connectivity index (χ3n) is 1.24. The van der Waals surface area contributed by atoms with Crippen LogP contribution in [0, 0.1) is 6.92 Å². The first-order valence-electron chi connectivity index (χ1n) is 4.42. The minimum absolute atomic E-state index is 0.433. The van der Waals surface area contributed by atoms with Crippen LogP contribution in [0.1, 0.15) is 19.4 Å². The molecular formula is C9H17N3OS. The molecule has 1 aromatic rings. The largest absolute Gasteiger partial charge is 0.384 e. The summed E-state index contributed by atoms with van der Waals surface area (Å²) >= 11 is 0. The van der Waals surface area contributed by atoms with Crippen molar-refractivity contribution in [2.75, 3.05) is 16.7 Å². The van der Waals surface area contributed by atoms with E-state index in [-0.39, 0.29) is 0 Å². The van der Waals surface area contributed by atoms with Gasteiger partial charge in [-0.1, -0.05) is 13.8 Å². The van der Waals surface area contributed by atoms with Gasteiger partial charge in [-0.3, -0.25) is 4.72 Å². The second-order valence-corrected chi connectivity index (χ2v) is 3.62. The lowest BCUT2D eigenvalue weighted by molar-refractivity contribution is 0.689. The third kappa shape index (κ3) is 4.81. The monoisotopic (exact) mass is 215 g/mol. The summed E-state index contributed by atoms with van der Waals surface area (Å²) in [5.41, 5.74) is 6.48. The summed E-state index contributed by atoms with van der Waals surface area (Å²) in [5.74, 6) is 0.983. The fourth-order valence-corrected chi connectivity index (χ4v) is 1.29. The van der Waals surface area contributed by atoms with Crippen molar-refractivity contribution < 1.29 is 4.21 Å². The Morgan fingerprint density at radius 2 is 2.00 bits per heavy atom. The molecule has 0 aliphatic carbocycles. The van der Waals surface area contributed by atoms with Crippen LogP contribution >= 0.6 is 0 Å². The maximum absolute atomic E-state index is 10.8. The van der Waals surface area contributed by atoms with Crippen molar-refractivity contribution in [1.82, 2.24) is 4.98 Å². The number of pyridine rings is 1. The van der Waals surface area contributed by atoms with Gasteiger partial charge in [-0.2, -0.15) is 0 Å². The first-order valence-corrected chi connectivity index (χ1v) is 5.98. The maximum atomic E-state index is 10.8. The van der Waals surface area contributed by atoms with Gasteiger partial charge in [-0.15, -0.1) is 0 Å². The van der Waals surface area contributed by atoms with Gasteiger partial charge >= 0.3 is 0 Å². The van der Waals surface area contributed by atoms with Crippen molar-refractivity contribution in [3.05, 3.63) is 17.7 Å². The normalized spacial score (nSPS) is 11.1. The Labute approximate surface area is 87.5 Å². The fraction of sp³-hybridized carbons (Fsp3) is 0.444. The van der Waals surface area contributed by atoms with Gasteiger partial charge in [0.2, 0.25) is 0 Å². The van der Waals surface area contributed by atoms with E-state index < -0.39 is 11.0 Å². The van der Waals surface area contributed by atoms with Crippen LogP contribution in [0.3, 0.4) is 0 Å². The molecule has 3 N–H and O–H groups in total. The highest BCUT2D eigenvalue weighted by Gasteiger charge is 1.97. The average Bonchev–Trinajstić information content (AvgIpc) is 2.04. The van der Waals surface area contributed by atoms with Crippen molar-refractivity contribution in [2.24, 2.45) is 0 Å². The predicted octanol–water partition coefficient (Wildman–Crippen LogP) is 1.70. The summed E-state index contributed by atoms with van der Waals surface area (Å²) < 4.78 is 13.4. The number of nitrogens with two attached hydrogens (primary N) is 1. The van der Waals surface area contributed by atoms with Crippen molar-refractivity contribution in [3.63, 3.8) is 0 Å². The quantitative estimate of drug-likeness (QED) is 0.789. The lowest BCUT2D eigenvalue weighted by atomic mass is 10.3. The topological polar surface area (TPSA) is 68.0 Å². The summed E-state index contributed by atoms with van der Waals surface area (Å²) in [6.07, 6.45) is 1.54. The van der Waals surface area contributed by atoms with Gasteiger partial charge in [0.1, 0.15) is 22.6 Å². The van der Waals surface area contributed by atoms with E-state index in [2.05, 4.69) is 9.71 Å². The number of nitrogen functional groups attached to an aromatic ring is 1. The second-order valence-electron chi connectivity index (χ2n) is 2.51. The Morgan fingerprint density at radius 1 is 1.43 bits per heavy atom. The second kappa shape index (κ2) is 6.37. The molecule has 0 saturated heterocycles. The Hall–Kier alpha value is -1.10. The molecule has 0 radical (unpaired) electrons. The molecule has 14 heavy (non-hydrogen) atoms. The van der Waals surface area contributed by atoms with E-state index in [9.17, 15) is 4.21 Å². The fourth-order valence-electron chi connectivity index (χ4n) is 0.894. The van der Waals surface area contributed by atoms with E-state index in [0.29, 0.717) is 11.6 Å². The Bertz CT molecular complexity index is 295. The van der Waals surface area contributed by atoms with E-state index in [4.69, 9.17) is 5.73 Å². The molecule has 0 bridgehead atoms. The van der Waals surface area contributed by atoms with Crippen LogP contribution in [0.4, 0.5) is 11.6 Å². The molecule has 1 unspecified atom stereocenters. The molecular weight excluding hydrogens is 198 g/mol. The van der Waals surface area contributed by atoms with Crippen LogP contribution in [0.15, 0.2) is 12.1 Å². The molecule has 0 fully saturated rings. The molecule has 1 rings (SSSR count). The van der Waals surface area contributed by atoms with Gasteiger partial charge in [0.05, 0.1) is 0 Å². The summed E-state index contributed by atoms with van der Waals surface area (Å²) in [6.45, 7) is 5.90. The molecule has 1 aromatic heterocycles. The van der Waals surface area contributed by atoms with Gasteiger partial charge in [0, 0.05) is 6.26 Å². The number of rotatable bonds is 2. The number of anilines is 2. The van der Waals surface area contributed by atoms with Crippen LogP contribution in [-0.2, 0) is 11.0 Å². The molecule has 0 aromatic carbocycles. The van der Waals surface area contributed by atoms with E-state index in [0.717, 1.165) is 5.56 Å². The van der Waals surface area contributed by atoms with Crippen LogP contribution in [-0.4, -0.2) is 15.4 Å². The van der Waals surface area contributed by atoms with Gasteiger partial charge < -0.3 is 5.73 Å². The maximum Gasteiger partial charge on any atom is 0.140 e. The molecule has 0 amide bonds. The number of hydrogen-bond acceptors (Lipinski definition) is 3. The smallest absolute Gasteiger partial charge is 0.140 e. The third-order valence-corrected chi connectivity index (χ3v) is 1.73. The van der Waals surface area contributed by atoms with Gasteiger partial charge in [0.15, 0.2) is 0 Å². The van der Waals surface area contributed by atoms with Gasteiger partial charge in [0.25, 0.3) is 0 Å². The Kier molecular flexibility index (Phi) is 5.87. The molecule has 80 valence electrons. The number of aromatic nitrogens is 1. The molecule has 0 spiro atoms. The molecule has 4 nitrogen and oxygen atoms in total. The average molecular weight is 215 g/mol. The van der Waals surface area contributed by atoms with Crippen LogP contribution in [0.2, 0.25) is 0 Å². The highest BCUT2D eigenvalue weighted by Crippen LogP contribution is 2.10. The molecule has 1 atom stereocenters. The van der Waals surface area contributed by atoms with Crippen molar-refractivity contribution >= 4 is 22.6 Å². The van der Waals surface area contributed by atoms with E-state index in [1.54, 1.807) is 18.4 Å². The van der Waals surface area contributed by atoms with Crippen molar-refractivity contribution in [2.45, 2.75) is 20.8 Å². The molecule has 0 saturated carbocycles. The highest BCUT2D eigenvalue weighted by molar-refractivity contribution is 7.85. The summed E-state index contributed by atoms with van der Waals surface area (Å²) in [7, 11) is -1.10. The molecule has 0 aliphatic rings. The van der Waals surface area contributed by atoms with Gasteiger partial charge in [-0.25, -0.2) is 9.19 Å². The van der Waals surface area contributed by atoms with E-state index in [1.165, 1.54) is 0 Å². The van der Waals surface area contributed by atoms with Crippen molar-refractivity contribution in [3.8, 4) is 0 Å². The number of nitrogens with one attached hydrogen (secondary N) is 1. The lowest BCUT2D eigenvalue weighted by Gasteiger charge is -2.03. The zero-order valence-electron chi connectivity index (χ0n) is 9.00. The molecule has 0 aliphatic heterocycles. The summed E-state index contributed by atoms with van der Waals surface area (Å²) in [4.78, 5) is 3.95. The Balaban J connectivity index is 0.000000791. The van der Waals surface area contributed by atoms with Crippen LogP contribution in [0.25, 0.3) is 0 Å². The van der Waals surface area contributed by atoms with Crippen LogP contribution < -0.4 is 10.5 Å². The first kappa shape index (κ1) is 12.9. The highest BCUT2D eigenvalue weighted by atomic mass is 32.2. The standard InChI is InChI=1S/C7H11N3OS.C2H6/c1-5-3-6(8)9-7(4-5)10-12(2)11;1-2/h3-4H,1-2H3,(H3,8,9,10);1-2H3. The van der Waals surface area contributed by atoms with E-state index >= 15 is 0 Å². The predicted molar refractivity (Wildman–Crippen MR) is 62.4 cm³/mol. The number of nitrogens with zero attached hydrogens (tertiary/aromatic N) is 1. The SMILES string of the molecule is CC.Cc1cc(N)nc(NS(C)=O)c1. The first-order chi connectivity index (χ1) is 6.58. The van der Waals surface area contributed by atoms with Gasteiger partial charge in [-0.05, 0) is 24.6 Å². The van der Waals surface area contributed by atoms with Crippen LogP contribution in [0.5, 0.6) is 0 Å². The minimum atomic E-state index is -1.10. The summed E-state index contributed by atoms with van der Waals surface area (Å²) in [5, 5.41) is 0. The van der Waals surface area contributed by atoms with E-state index in [1.807, 2.05) is 20.8 Å². The molecule has 5 heteroatoms. The zero-order chi connectivity index (χ0) is 11.1. The lowest BCUT2D eigenvalue weighted by Crippen LogP contribution is -2.04. The summed E-state index contributed by atoms with van der Waals surface area (Å²) in [6, 6.07) is 3.54. The minimum Gasteiger partial charge on any atom is -0.384 e. The Morgan fingerprint density at radius 3 is 2.43 bits per heavy atom. The van der Waals surface area contributed by atoms with Crippen molar-refractivity contribution in [1.29, 1.82) is 0 Å². The number of hydrogen-bond donors (Lipinski definition) is 2. The molecule has 1 heterocycles. The number of aryl methyl sites for hydroxylation is 1.